The highest BCUT2D eigenvalue weighted by Crippen LogP contribution is 2.19. The molecule has 1 aromatic carbocycles. The van der Waals surface area contributed by atoms with Gasteiger partial charge in [-0.15, -0.1) is 0 Å². The summed E-state index contributed by atoms with van der Waals surface area (Å²) in [5.41, 5.74) is 4.38. The Hall–Kier alpha value is -1.72. The van der Waals surface area contributed by atoms with Crippen molar-refractivity contribution < 1.29 is 14.8 Å². The fraction of sp³-hybridized carbons (Fsp3) is 0.529. The Morgan fingerprint density at radius 2 is 2.05 bits per heavy atom. The second-order valence-electron chi connectivity index (χ2n) is 6.00. The fourth-order valence-corrected chi connectivity index (χ4v) is 2.91. The molecule has 0 saturated heterocycles. The molecule has 1 aromatic rings. The first-order valence-electron chi connectivity index (χ1n) is 7.85. The van der Waals surface area contributed by atoms with Gasteiger partial charge in [0, 0.05) is 31.8 Å². The van der Waals surface area contributed by atoms with Gasteiger partial charge in [-0.25, -0.2) is 5.48 Å². The van der Waals surface area contributed by atoms with Crippen LogP contribution in [0.4, 0.5) is 0 Å². The number of nitrogens with one attached hydrogen (secondary N) is 1. The van der Waals surface area contributed by atoms with Crippen LogP contribution in [0.3, 0.4) is 0 Å². The van der Waals surface area contributed by atoms with Gasteiger partial charge in [-0.1, -0.05) is 31.2 Å². The molecule has 0 fully saturated rings. The maximum absolute atomic E-state index is 12.0. The minimum Gasteiger partial charge on any atom is -0.299 e. The van der Waals surface area contributed by atoms with Crippen LogP contribution in [0, 0.1) is 5.92 Å². The van der Waals surface area contributed by atoms with Gasteiger partial charge in [0.2, 0.25) is 5.91 Å². The third-order valence-electron chi connectivity index (χ3n) is 4.27. The number of rotatable bonds is 7. The average Bonchev–Trinajstić information content (AvgIpc) is 2.54. The molecule has 1 amide bonds. The standard InChI is InChI=1S/C17H24N2O3/c1-13(11-17(21)18-22)16(20)7-4-9-19-10-8-14-5-2-3-6-15(14)12-19/h2-3,5-6,13,22H,4,7-12H2,1H3,(H,18,21). The van der Waals surface area contributed by atoms with E-state index in [9.17, 15) is 9.59 Å². The third-order valence-corrected chi connectivity index (χ3v) is 4.27. The molecule has 0 spiro atoms. The van der Waals surface area contributed by atoms with E-state index in [-0.39, 0.29) is 18.1 Å². The zero-order chi connectivity index (χ0) is 15.9. The number of Topliss-reactive ketones (excluding diaryl/α,β-unsaturated/α-hetero) is 1. The number of hydrogen-bond donors (Lipinski definition) is 2. The number of benzene rings is 1. The van der Waals surface area contributed by atoms with Crippen molar-refractivity contribution in [2.24, 2.45) is 5.92 Å². The van der Waals surface area contributed by atoms with Gasteiger partial charge in [-0.2, -0.15) is 0 Å². The van der Waals surface area contributed by atoms with Crippen LogP contribution in [0.25, 0.3) is 0 Å². The number of hydrogen-bond acceptors (Lipinski definition) is 4. The first-order chi connectivity index (χ1) is 10.6. The van der Waals surface area contributed by atoms with E-state index in [0.717, 1.165) is 32.5 Å². The van der Waals surface area contributed by atoms with E-state index in [4.69, 9.17) is 5.21 Å². The van der Waals surface area contributed by atoms with Gasteiger partial charge in [0.05, 0.1) is 0 Å². The molecule has 22 heavy (non-hydrogen) atoms. The molecule has 5 heteroatoms. The minimum atomic E-state index is -0.506. The van der Waals surface area contributed by atoms with Gasteiger partial charge in [-0.05, 0) is 30.5 Å². The molecule has 5 nitrogen and oxygen atoms in total. The highest BCUT2D eigenvalue weighted by molar-refractivity contribution is 5.86. The number of hydroxylamine groups is 1. The van der Waals surface area contributed by atoms with Gasteiger partial charge >= 0.3 is 0 Å². The van der Waals surface area contributed by atoms with Crippen molar-refractivity contribution in [1.29, 1.82) is 0 Å². The Kier molecular flexibility index (Phi) is 6.10. The lowest BCUT2D eigenvalue weighted by atomic mass is 9.97. The van der Waals surface area contributed by atoms with Gasteiger partial charge < -0.3 is 0 Å². The molecule has 2 N–H and O–H groups in total. The molecule has 120 valence electrons. The topological polar surface area (TPSA) is 69.6 Å². The van der Waals surface area contributed by atoms with E-state index >= 15 is 0 Å². The summed E-state index contributed by atoms with van der Waals surface area (Å²) in [7, 11) is 0. The first-order valence-corrected chi connectivity index (χ1v) is 7.85. The van der Waals surface area contributed by atoms with Crippen LogP contribution < -0.4 is 5.48 Å². The van der Waals surface area contributed by atoms with E-state index in [1.165, 1.54) is 11.1 Å². The summed E-state index contributed by atoms with van der Waals surface area (Å²) < 4.78 is 0. The summed E-state index contributed by atoms with van der Waals surface area (Å²) in [6.07, 6.45) is 2.41. The predicted molar refractivity (Wildman–Crippen MR) is 83.4 cm³/mol. The first kappa shape index (κ1) is 16.6. The molecular formula is C17H24N2O3. The molecule has 0 bridgehead atoms. The number of fused-ring (bicyclic) bond motifs is 1. The van der Waals surface area contributed by atoms with E-state index < -0.39 is 5.91 Å². The summed E-state index contributed by atoms with van der Waals surface area (Å²) in [4.78, 5) is 25.4. The van der Waals surface area contributed by atoms with Crippen molar-refractivity contribution in [3.8, 4) is 0 Å². The second kappa shape index (κ2) is 8.06. The van der Waals surface area contributed by atoms with E-state index in [1.807, 2.05) is 0 Å². The molecule has 0 aromatic heterocycles. The Balaban J connectivity index is 1.71. The van der Waals surface area contributed by atoms with Crippen molar-refractivity contribution >= 4 is 11.7 Å². The van der Waals surface area contributed by atoms with Crippen LogP contribution in [0.5, 0.6) is 0 Å². The Morgan fingerprint density at radius 3 is 2.77 bits per heavy atom. The smallest absolute Gasteiger partial charge is 0.244 e. The van der Waals surface area contributed by atoms with Crippen molar-refractivity contribution in [1.82, 2.24) is 10.4 Å². The summed E-state index contributed by atoms with van der Waals surface area (Å²) in [5, 5.41) is 8.47. The van der Waals surface area contributed by atoms with Crippen molar-refractivity contribution in [3.63, 3.8) is 0 Å². The average molecular weight is 304 g/mol. The summed E-state index contributed by atoms with van der Waals surface area (Å²) >= 11 is 0. The number of amides is 1. The molecule has 0 radical (unpaired) electrons. The van der Waals surface area contributed by atoms with E-state index in [1.54, 1.807) is 12.4 Å². The van der Waals surface area contributed by atoms with Crippen molar-refractivity contribution in [2.75, 3.05) is 13.1 Å². The maximum Gasteiger partial charge on any atom is 0.244 e. The SMILES string of the molecule is CC(CC(=O)NO)C(=O)CCCN1CCc2ccccc2C1. The summed E-state index contributed by atoms with van der Waals surface area (Å²) in [6.45, 7) is 4.62. The van der Waals surface area contributed by atoms with Crippen LogP contribution in [0.2, 0.25) is 0 Å². The lowest BCUT2D eigenvalue weighted by molar-refractivity contribution is -0.133. The fourth-order valence-electron chi connectivity index (χ4n) is 2.91. The molecule has 2 rings (SSSR count). The van der Waals surface area contributed by atoms with Crippen LogP contribution >= 0.6 is 0 Å². The van der Waals surface area contributed by atoms with Crippen LogP contribution in [-0.4, -0.2) is 34.9 Å². The van der Waals surface area contributed by atoms with Gasteiger partial charge in [-0.3, -0.25) is 19.7 Å². The number of nitrogens with zero attached hydrogens (tertiary/aromatic N) is 1. The number of carbonyl (C=O) groups is 2. The van der Waals surface area contributed by atoms with Crippen molar-refractivity contribution in [3.05, 3.63) is 35.4 Å². The molecule has 1 atom stereocenters. The van der Waals surface area contributed by atoms with Crippen molar-refractivity contribution in [2.45, 2.75) is 39.2 Å². The monoisotopic (exact) mass is 304 g/mol. The third kappa shape index (κ3) is 4.64. The Bertz CT molecular complexity index is 530. The summed E-state index contributed by atoms with van der Waals surface area (Å²) in [6, 6.07) is 8.50. The zero-order valence-electron chi connectivity index (χ0n) is 13.0. The minimum absolute atomic E-state index is 0.0480. The lowest BCUT2D eigenvalue weighted by Gasteiger charge is -2.28. The van der Waals surface area contributed by atoms with Crippen LogP contribution in [-0.2, 0) is 22.6 Å². The highest BCUT2D eigenvalue weighted by atomic mass is 16.5. The zero-order valence-corrected chi connectivity index (χ0v) is 13.0. The lowest BCUT2D eigenvalue weighted by Crippen LogP contribution is -2.32. The largest absolute Gasteiger partial charge is 0.299 e. The van der Waals surface area contributed by atoms with Crippen LogP contribution in [0.15, 0.2) is 24.3 Å². The van der Waals surface area contributed by atoms with Gasteiger partial charge in [0.25, 0.3) is 0 Å². The molecule has 1 aliphatic heterocycles. The van der Waals surface area contributed by atoms with Gasteiger partial charge in [0.15, 0.2) is 0 Å². The number of ketones is 1. The maximum atomic E-state index is 12.0. The second-order valence-corrected chi connectivity index (χ2v) is 6.00. The number of carbonyl (C=O) groups excluding carboxylic acids is 2. The Morgan fingerprint density at radius 1 is 1.32 bits per heavy atom. The highest BCUT2D eigenvalue weighted by Gasteiger charge is 2.18. The molecule has 0 aliphatic carbocycles. The normalized spacial score (nSPS) is 15.9. The van der Waals surface area contributed by atoms with E-state index in [2.05, 4.69) is 29.2 Å². The van der Waals surface area contributed by atoms with Gasteiger partial charge in [0.1, 0.15) is 5.78 Å². The molecular weight excluding hydrogens is 280 g/mol. The molecule has 1 unspecified atom stereocenters. The molecule has 1 heterocycles. The molecule has 0 saturated carbocycles. The predicted octanol–water partition coefficient (Wildman–Crippen LogP) is 1.93. The summed E-state index contributed by atoms with van der Waals surface area (Å²) in [5.74, 6) is -0.760. The van der Waals surface area contributed by atoms with E-state index in [0.29, 0.717) is 6.42 Å². The quantitative estimate of drug-likeness (QED) is 0.596. The van der Waals surface area contributed by atoms with Crippen LogP contribution in [0.1, 0.15) is 37.3 Å². The molecule has 1 aliphatic rings. The Labute approximate surface area is 131 Å².